The number of nitrogens with zero attached hydrogens (tertiary/aromatic N) is 3. The Kier molecular flexibility index (Phi) is 3.91. The van der Waals surface area contributed by atoms with Crippen molar-refractivity contribution in [3.05, 3.63) is 83.9 Å². The highest BCUT2D eigenvalue weighted by Gasteiger charge is 2.17. The molecule has 4 heteroatoms. The third-order valence-corrected chi connectivity index (χ3v) is 4.65. The van der Waals surface area contributed by atoms with Crippen LogP contribution in [0.2, 0.25) is 0 Å². The molecule has 1 N–H and O–H groups in total. The van der Waals surface area contributed by atoms with E-state index in [0.717, 1.165) is 27.4 Å². The van der Waals surface area contributed by atoms with Gasteiger partial charge >= 0.3 is 0 Å². The van der Waals surface area contributed by atoms with Crippen LogP contribution in [0, 0.1) is 11.3 Å². The molecular formula is C22H17N3O. The van der Waals surface area contributed by atoms with E-state index in [9.17, 15) is 10.4 Å². The fourth-order valence-corrected chi connectivity index (χ4v) is 3.33. The smallest absolute Gasteiger partial charge is 0.155 e. The molecule has 0 saturated carbocycles. The number of aryl methyl sites for hydroxylation is 1. The van der Waals surface area contributed by atoms with Crippen LogP contribution in [0.25, 0.3) is 27.4 Å². The molecule has 4 aromatic rings. The van der Waals surface area contributed by atoms with E-state index in [2.05, 4.69) is 11.1 Å². The van der Waals surface area contributed by atoms with Gasteiger partial charge in [-0.2, -0.15) is 5.26 Å². The number of para-hydroxylation sites is 2. The number of hydrogen-bond acceptors (Lipinski definition) is 3. The number of hydrogen-bond donors (Lipinski definition) is 1. The fraction of sp³-hybridized carbons (Fsp3) is 0.0909. The Balaban J connectivity index is 1.82. The quantitative estimate of drug-likeness (QED) is 0.432. The van der Waals surface area contributed by atoms with Gasteiger partial charge in [0.2, 0.25) is 0 Å². The highest BCUT2D eigenvalue weighted by Crippen LogP contribution is 2.25. The van der Waals surface area contributed by atoms with Gasteiger partial charge in [0.05, 0.1) is 11.0 Å². The second kappa shape index (κ2) is 6.38. The summed E-state index contributed by atoms with van der Waals surface area (Å²) in [6, 6.07) is 23.8. The Labute approximate surface area is 151 Å². The number of aliphatic hydroxyl groups is 1. The molecule has 26 heavy (non-hydrogen) atoms. The van der Waals surface area contributed by atoms with E-state index in [1.807, 2.05) is 78.3 Å². The summed E-state index contributed by atoms with van der Waals surface area (Å²) in [6.45, 7) is 0. The summed E-state index contributed by atoms with van der Waals surface area (Å²) in [5.74, 6) is 0.508. The number of nitriles is 1. The van der Waals surface area contributed by atoms with Crippen molar-refractivity contribution in [3.8, 4) is 6.07 Å². The Morgan fingerprint density at radius 2 is 1.77 bits per heavy atom. The molecule has 0 amide bonds. The zero-order valence-corrected chi connectivity index (χ0v) is 14.3. The number of rotatable bonds is 3. The first-order valence-corrected chi connectivity index (χ1v) is 8.39. The molecule has 4 rings (SSSR count). The SMILES string of the molecule is Cn1c(/C(C#N)=C(\O)Cc2cccc3ccccc23)nc2ccccc21. The highest BCUT2D eigenvalue weighted by molar-refractivity contribution is 5.87. The predicted octanol–water partition coefficient (Wildman–Crippen LogP) is 4.76. The van der Waals surface area contributed by atoms with Gasteiger partial charge in [-0.1, -0.05) is 54.6 Å². The lowest BCUT2D eigenvalue weighted by molar-refractivity contribution is 0.402. The third-order valence-electron chi connectivity index (χ3n) is 4.65. The van der Waals surface area contributed by atoms with Gasteiger partial charge in [0, 0.05) is 13.5 Å². The van der Waals surface area contributed by atoms with Crippen molar-refractivity contribution in [3.63, 3.8) is 0 Å². The molecule has 0 fully saturated rings. The molecule has 4 nitrogen and oxygen atoms in total. The molecule has 0 saturated heterocycles. The number of benzene rings is 3. The normalized spacial score (nSPS) is 12.2. The van der Waals surface area contributed by atoms with Gasteiger partial charge in [-0.15, -0.1) is 0 Å². The van der Waals surface area contributed by atoms with Crippen molar-refractivity contribution in [2.24, 2.45) is 7.05 Å². The summed E-state index contributed by atoms with van der Waals surface area (Å²) in [7, 11) is 1.85. The number of aromatic nitrogens is 2. The van der Waals surface area contributed by atoms with Crippen LogP contribution >= 0.6 is 0 Å². The van der Waals surface area contributed by atoms with Crippen LogP contribution in [0.15, 0.2) is 72.5 Å². The second-order valence-corrected chi connectivity index (χ2v) is 6.23. The minimum absolute atomic E-state index is 0.0299. The molecule has 126 valence electrons. The predicted molar refractivity (Wildman–Crippen MR) is 104 cm³/mol. The highest BCUT2D eigenvalue weighted by atomic mass is 16.3. The molecule has 0 radical (unpaired) electrons. The first-order chi connectivity index (χ1) is 12.7. The fourth-order valence-electron chi connectivity index (χ4n) is 3.33. The molecule has 1 aromatic heterocycles. The van der Waals surface area contributed by atoms with Gasteiger partial charge in [0.25, 0.3) is 0 Å². The van der Waals surface area contributed by atoms with E-state index >= 15 is 0 Å². The maximum atomic E-state index is 10.7. The van der Waals surface area contributed by atoms with Crippen LogP contribution in [-0.2, 0) is 13.5 Å². The van der Waals surface area contributed by atoms with E-state index in [1.165, 1.54) is 0 Å². The maximum absolute atomic E-state index is 10.7. The van der Waals surface area contributed by atoms with Crippen molar-refractivity contribution in [1.29, 1.82) is 5.26 Å². The molecule has 3 aromatic carbocycles. The first-order valence-electron chi connectivity index (χ1n) is 8.39. The maximum Gasteiger partial charge on any atom is 0.155 e. The average Bonchev–Trinajstić information content (AvgIpc) is 3.00. The van der Waals surface area contributed by atoms with E-state index < -0.39 is 0 Å². The van der Waals surface area contributed by atoms with Crippen LogP contribution < -0.4 is 0 Å². The van der Waals surface area contributed by atoms with Crippen LogP contribution in [0.5, 0.6) is 0 Å². The zero-order chi connectivity index (χ0) is 18.1. The van der Waals surface area contributed by atoms with Crippen molar-refractivity contribution in [2.45, 2.75) is 6.42 Å². The van der Waals surface area contributed by atoms with Crippen molar-refractivity contribution < 1.29 is 5.11 Å². The topological polar surface area (TPSA) is 61.8 Å². The lowest BCUT2D eigenvalue weighted by Crippen LogP contribution is -2.01. The number of allylic oxidation sites excluding steroid dienone is 2. The summed E-state index contributed by atoms with van der Waals surface area (Å²) in [5, 5.41) is 22.6. The standard InChI is InChI=1S/C22H17N3O/c1-25-20-12-5-4-11-19(20)24-22(25)18(14-23)21(26)13-16-9-6-8-15-7-2-3-10-17(15)16/h2-12,26H,13H2,1H3/b21-18-. The van der Waals surface area contributed by atoms with Crippen molar-refractivity contribution in [1.82, 2.24) is 9.55 Å². The van der Waals surface area contributed by atoms with Gasteiger partial charge in [0.15, 0.2) is 5.82 Å². The molecule has 0 unspecified atom stereocenters. The van der Waals surface area contributed by atoms with Gasteiger partial charge in [-0.3, -0.25) is 0 Å². The second-order valence-electron chi connectivity index (χ2n) is 6.23. The summed E-state index contributed by atoms with van der Waals surface area (Å²) in [6.07, 6.45) is 0.285. The Morgan fingerprint density at radius 1 is 1.04 bits per heavy atom. The van der Waals surface area contributed by atoms with Crippen LogP contribution in [0.4, 0.5) is 0 Å². The van der Waals surface area contributed by atoms with Gasteiger partial charge < -0.3 is 9.67 Å². The van der Waals surface area contributed by atoms with Crippen LogP contribution in [0.1, 0.15) is 11.4 Å². The van der Waals surface area contributed by atoms with Gasteiger partial charge in [-0.25, -0.2) is 4.98 Å². The monoisotopic (exact) mass is 339 g/mol. The Bertz CT molecular complexity index is 1190. The molecule has 0 aliphatic rings. The zero-order valence-electron chi connectivity index (χ0n) is 14.3. The number of aliphatic hydroxyl groups excluding tert-OH is 1. The molecule has 0 aliphatic heterocycles. The molecule has 0 bridgehead atoms. The molecule has 0 spiro atoms. The first kappa shape index (κ1) is 15.9. The minimum atomic E-state index is 0.0299. The minimum Gasteiger partial charge on any atom is -0.510 e. The molecule has 0 atom stereocenters. The van der Waals surface area contributed by atoms with Crippen molar-refractivity contribution >= 4 is 27.4 Å². The van der Waals surface area contributed by atoms with Crippen LogP contribution in [0.3, 0.4) is 0 Å². The summed E-state index contributed by atoms with van der Waals surface area (Å²) in [4.78, 5) is 4.53. The van der Waals surface area contributed by atoms with E-state index in [4.69, 9.17) is 0 Å². The lowest BCUT2D eigenvalue weighted by atomic mass is 10.00. The Hall–Kier alpha value is -3.58. The Morgan fingerprint density at radius 3 is 2.58 bits per heavy atom. The average molecular weight is 339 g/mol. The van der Waals surface area contributed by atoms with E-state index in [1.54, 1.807) is 0 Å². The van der Waals surface area contributed by atoms with E-state index in [-0.39, 0.29) is 17.8 Å². The van der Waals surface area contributed by atoms with Gasteiger partial charge in [-0.05, 0) is 28.5 Å². The summed E-state index contributed by atoms with van der Waals surface area (Å²) >= 11 is 0. The van der Waals surface area contributed by atoms with Gasteiger partial charge in [0.1, 0.15) is 17.4 Å². The number of fused-ring (bicyclic) bond motifs is 2. The van der Waals surface area contributed by atoms with Crippen molar-refractivity contribution in [2.75, 3.05) is 0 Å². The molecular weight excluding hydrogens is 322 g/mol. The van der Waals surface area contributed by atoms with Crippen LogP contribution in [-0.4, -0.2) is 14.7 Å². The third kappa shape index (κ3) is 2.60. The molecule has 0 aliphatic carbocycles. The largest absolute Gasteiger partial charge is 0.510 e. The van der Waals surface area contributed by atoms with E-state index in [0.29, 0.717) is 5.82 Å². The lowest BCUT2D eigenvalue weighted by Gasteiger charge is -2.08. The number of imidazole rings is 1. The summed E-state index contributed by atoms with van der Waals surface area (Å²) in [5.41, 5.74) is 2.91. The summed E-state index contributed by atoms with van der Waals surface area (Å²) < 4.78 is 1.84. The molecule has 1 heterocycles.